The largest absolute Gasteiger partial charge is 0.378 e. The molecular formula is C11H19ClO. The molecule has 2 atom stereocenters. The van der Waals surface area contributed by atoms with Crippen LogP contribution >= 0.6 is 11.6 Å². The van der Waals surface area contributed by atoms with Gasteiger partial charge in [-0.05, 0) is 31.6 Å². The molecule has 0 amide bonds. The summed E-state index contributed by atoms with van der Waals surface area (Å²) < 4.78 is 5.80. The summed E-state index contributed by atoms with van der Waals surface area (Å²) in [6.07, 6.45) is 9.58. The standard InChI is InChI=1S/C11H19ClO/c12-10-6-7-13-11(8-10)9-4-2-1-3-5-9/h9-11H,1-8H2/t10-,11+/m0/s1. The minimum absolute atomic E-state index is 0.376. The maximum absolute atomic E-state index is 6.15. The molecule has 1 saturated heterocycles. The van der Waals surface area contributed by atoms with Crippen LogP contribution < -0.4 is 0 Å². The van der Waals surface area contributed by atoms with Crippen LogP contribution in [0.15, 0.2) is 0 Å². The summed E-state index contributed by atoms with van der Waals surface area (Å²) in [5.74, 6) is 0.815. The van der Waals surface area contributed by atoms with Gasteiger partial charge >= 0.3 is 0 Å². The molecule has 0 aromatic carbocycles. The van der Waals surface area contributed by atoms with Crippen LogP contribution in [0.25, 0.3) is 0 Å². The molecule has 0 unspecified atom stereocenters. The van der Waals surface area contributed by atoms with E-state index >= 15 is 0 Å². The lowest BCUT2D eigenvalue weighted by Crippen LogP contribution is -2.33. The molecule has 1 heterocycles. The summed E-state index contributed by atoms with van der Waals surface area (Å²) in [6, 6.07) is 0. The first-order valence-corrected chi connectivity index (χ1v) is 6.05. The van der Waals surface area contributed by atoms with Crippen LogP contribution in [0.3, 0.4) is 0 Å². The fourth-order valence-corrected chi connectivity index (χ4v) is 2.88. The Morgan fingerprint density at radius 2 is 1.77 bits per heavy atom. The van der Waals surface area contributed by atoms with E-state index in [1.807, 2.05) is 0 Å². The van der Waals surface area contributed by atoms with E-state index in [0.717, 1.165) is 25.4 Å². The fraction of sp³-hybridized carbons (Fsp3) is 1.00. The maximum atomic E-state index is 6.15. The molecule has 76 valence electrons. The first kappa shape index (κ1) is 9.79. The molecule has 2 rings (SSSR count). The lowest BCUT2D eigenvalue weighted by Gasteiger charge is -2.34. The molecule has 1 nitrogen and oxygen atoms in total. The van der Waals surface area contributed by atoms with Crippen LogP contribution in [-0.2, 0) is 4.74 Å². The van der Waals surface area contributed by atoms with E-state index in [2.05, 4.69) is 0 Å². The van der Waals surface area contributed by atoms with Gasteiger partial charge in [-0.1, -0.05) is 19.3 Å². The van der Waals surface area contributed by atoms with Crippen molar-refractivity contribution in [2.24, 2.45) is 5.92 Å². The number of hydrogen-bond acceptors (Lipinski definition) is 1. The highest BCUT2D eigenvalue weighted by atomic mass is 35.5. The van der Waals surface area contributed by atoms with Gasteiger partial charge in [0.05, 0.1) is 6.10 Å². The lowest BCUT2D eigenvalue weighted by molar-refractivity contribution is -0.0287. The number of halogens is 1. The lowest BCUT2D eigenvalue weighted by atomic mass is 9.83. The van der Waals surface area contributed by atoms with Crippen molar-refractivity contribution in [1.29, 1.82) is 0 Å². The zero-order valence-corrected chi connectivity index (χ0v) is 8.93. The van der Waals surface area contributed by atoms with Gasteiger partial charge in [0.2, 0.25) is 0 Å². The van der Waals surface area contributed by atoms with Crippen LogP contribution in [-0.4, -0.2) is 18.1 Å². The van der Waals surface area contributed by atoms with Crippen molar-refractivity contribution in [2.75, 3.05) is 6.61 Å². The molecule has 2 aliphatic rings. The first-order chi connectivity index (χ1) is 6.36. The van der Waals surface area contributed by atoms with Crippen molar-refractivity contribution in [2.45, 2.75) is 56.4 Å². The van der Waals surface area contributed by atoms with E-state index in [4.69, 9.17) is 16.3 Å². The van der Waals surface area contributed by atoms with Gasteiger partial charge in [-0.25, -0.2) is 0 Å². The molecule has 0 aromatic heterocycles. The molecular weight excluding hydrogens is 184 g/mol. The Hall–Kier alpha value is 0.250. The molecule has 0 radical (unpaired) electrons. The number of ether oxygens (including phenoxy) is 1. The molecule has 0 N–H and O–H groups in total. The molecule has 13 heavy (non-hydrogen) atoms. The average Bonchev–Trinajstić information content (AvgIpc) is 2.19. The third-order valence-electron chi connectivity index (χ3n) is 3.43. The van der Waals surface area contributed by atoms with Crippen molar-refractivity contribution < 1.29 is 4.74 Å². The third-order valence-corrected chi connectivity index (χ3v) is 3.82. The van der Waals surface area contributed by atoms with Gasteiger partial charge in [-0.2, -0.15) is 0 Å². The van der Waals surface area contributed by atoms with E-state index < -0.39 is 0 Å². The van der Waals surface area contributed by atoms with Gasteiger partial charge in [0.25, 0.3) is 0 Å². The van der Waals surface area contributed by atoms with Crippen LogP contribution in [0.4, 0.5) is 0 Å². The Morgan fingerprint density at radius 1 is 1.00 bits per heavy atom. The highest BCUT2D eigenvalue weighted by molar-refractivity contribution is 6.20. The summed E-state index contributed by atoms with van der Waals surface area (Å²) in [6.45, 7) is 0.884. The predicted octanol–water partition coefficient (Wildman–Crippen LogP) is 3.35. The van der Waals surface area contributed by atoms with Gasteiger partial charge in [-0.3, -0.25) is 0 Å². The summed E-state index contributed by atoms with van der Waals surface area (Å²) in [5.41, 5.74) is 0. The number of rotatable bonds is 1. The van der Waals surface area contributed by atoms with E-state index in [9.17, 15) is 0 Å². The molecule has 0 spiro atoms. The van der Waals surface area contributed by atoms with Crippen LogP contribution in [0.2, 0.25) is 0 Å². The predicted molar refractivity (Wildman–Crippen MR) is 55.2 cm³/mol. The van der Waals surface area contributed by atoms with Gasteiger partial charge < -0.3 is 4.74 Å². The zero-order chi connectivity index (χ0) is 9.10. The smallest absolute Gasteiger partial charge is 0.0617 e. The maximum Gasteiger partial charge on any atom is 0.0617 e. The van der Waals surface area contributed by atoms with Crippen molar-refractivity contribution in [3.8, 4) is 0 Å². The van der Waals surface area contributed by atoms with Gasteiger partial charge in [0.1, 0.15) is 0 Å². The number of alkyl halides is 1. The summed E-state index contributed by atoms with van der Waals surface area (Å²) in [4.78, 5) is 0. The highest BCUT2D eigenvalue weighted by Crippen LogP contribution is 2.33. The summed E-state index contributed by atoms with van der Waals surface area (Å²) in [7, 11) is 0. The Kier molecular flexibility index (Phi) is 3.51. The number of hydrogen-bond donors (Lipinski definition) is 0. The fourth-order valence-electron chi connectivity index (χ4n) is 2.62. The Balaban J connectivity index is 1.83. The van der Waals surface area contributed by atoms with E-state index in [1.165, 1.54) is 32.1 Å². The third kappa shape index (κ3) is 2.60. The molecule has 2 heteroatoms. The van der Waals surface area contributed by atoms with Crippen LogP contribution in [0.5, 0.6) is 0 Å². The van der Waals surface area contributed by atoms with Crippen LogP contribution in [0.1, 0.15) is 44.9 Å². The SMILES string of the molecule is Cl[C@H]1CCO[C@@H](C2CCCCC2)C1. The van der Waals surface area contributed by atoms with E-state index in [-0.39, 0.29) is 0 Å². The molecule has 1 saturated carbocycles. The summed E-state index contributed by atoms with van der Waals surface area (Å²) in [5, 5.41) is 0.376. The minimum atomic E-state index is 0.376. The Labute approximate surface area is 85.8 Å². The highest BCUT2D eigenvalue weighted by Gasteiger charge is 2.29. The first-order valence-electron chi connectivity index (χ1n) is 5.62. The van der Waals surface area contributed by atoms with Crippen LogP contribution in [0, 0.1) is 5.92 Å². The summed E-state index contributed by atoms with van der Waals surface area (Å²) >= 11 is 6.15. The molecule has 0 aromatic rings. The topological polar surface area (TPSA) is 9.23 Å². The van der Waals surface area contributed by atoms with E-state index in [1.54, 1.807) is 0 Å². The molecule has 1 aliphatic heterocycles. The molecule has 1 aliphatic carbocycles. The van der Waals surface area contributed by atoms with Gasteiger partial charge in [0.15, 0.2) is 0 Å². The van der Waals surface area contributed by atoms with Crippen molar-refractivity contribution in [3.63, 3.8) is 0 Å². The monoisotopic (exact) mass is 202 g/mol. The normalized spacial score (nSPS) is 37.6. The Bertz CT molecular complexity index is 154. The van der Waals surface area contributed by atoms with Crippen molar-refractivity contribution >= 4 is 11.6 Å². The quantitative estimate of drug-likeness (QED) is 0.593. The zero-order valence-electron chi connectivity index (χ0n) is 8.18. The Morgan fingerprint density at radius 3 is 2.46 bits per heavy atom. The average molecular weight is 203 g/mol. The molecule has 2 fully saturated rings. The minimum Gasteiger partial charge on any atom is -0.378 e. The second kappa shape index (κ2) is 4.65. The van der Waals surface area contributed by atoms with Crippen molar-refractivity contribution in [1.82, 2.24) is 0 Å². The second-order valence-electron chi connectivity index (χ2n) is 4.43. The second-order valence-corrected chi connectivity index (χ2v) is 5.05. The van der Waals surface area contributed by atoms with Gasteiger partial charge in [-0.15, -0.1) is 11.6 Å². The molecule has 0 bridgehead atoms. The van der Waals surface area contributed by atoms with E-state index in [0.29, 0.717) is 11.5 Å². The van der Waals surface area contributed by atoms with Gasteiger partial charge in [0, 0.05) is 12.0 Å². The van der Waals surface area contributed by atoms with Crippen molar-refractivity contribution in [3.05, 3.63) is 0 Å².